The lowest BCUT2D eigenvalue weighted by Crippen LogP contribution is -2.63. The summed E-state index contributed by atoms with van der Waals surface area (Å²) in [4.78, 5) is 26.8. The number of benzene rings is 2. The molecule has 2 N–H and O–H groups in total. The molecule has 0 atom stereocenters. The summed E-state index contributed by atoms with van der Waals surface area (Å²) in [6.07, 6.45) is 1.31. The predicted octanol–water partition coefficient (Wildman–Crippen LogP) is 2.55. The van der Waals surface area contributed by atoms with Crippen molar-refractivity contribution in [2.45, 2.75) is 25.4 Å². The minimum absolute atomic E-state index is 0.0267. The molecule has 1 saturated heterocycles. The molecule has 0 aliphatic carbocycles. The number of likely N-dealkylation sites (tertiary alicyclic amines) is 1. The van der Waals surface area contributed by atoms with Gasteiger partial charge in [0.15, 0.2) is 6.61 Å². The molecule has 2 amide bonds. The number of nitrogens with zero attached hydrogens (tertiary/aromatic N) is 1. The van der Waals surface area contributed by atoms with Crippen molar-refractivity contribution in [2.24, 2.45) is 0 Å². The monoisotopic (exact) mass is 365 g/mol. The number of amides is 2. The van der Waals surface area contributed by atoms with E-state index in [-0.39, 0.29) is 18.4 Å². The van der Waals surface area contributed by atoms with Crippen LogP contribution in [0.1, 0.15) is 28.8 Å². The molecule has 0 bridgehead atoms. The molecule has 0 unspecified atom stereocenters. The molecule has 2 aliphatic heterocycles. The number of rotatable bonds is 3. The molecule has 27 heavy (non-hydrogen) atoms. The van der Waals surface area contributed by atoms with Crippen LogP contribution < -0.4 is 15.4 Å². The number of anilines is 1. The van der Waals surface area contributed by atoms with Crippen molar-refractivity contribution in [1.82, 2.24) is 10.2 Å². The summed E-state index contributed by atoms with van der Waals surface area (Å²) in [7, 11) is 0. The van der Waals surface area contributed by atoms with E-state index in [2.05, 4.69) is 10.6 Å². The highest BCUT2D eigenvalue weighted by Crippen LogP contribution is 2.31. The van der Waals surface area contributed by atoms with Crippen molar-refractivity contribution in [3.63, 3.8) is 0 Å². The van der Waals surface area contributed by atoms with Gasteiger partial charge in [-0.1, -0.05) is 29.8 Å². The summed E-state index contributed by atoms with van der Waals surface area (Å²) in [5.41, 5.74) is 2.10. The van der Waals surface area contributed by atoms with Gasteiger partial charge in [0.05, 0.1) is 5.56 Å². The van der Waals surface area contributed by atoms with E-state index in [0.29, 0.717) is 37.2 Å². The minimum Gasteiger partial charge on any atom is -0.484 e. The second-order valence-electron chi connectivity index (χ2n) is 7.19. The molecule has 2 aromatic rings. The number of fused-ring (bicyclic) bond motifs is 1. The highest BCUT2D eigenvalue weighted by atomic mass is 16.5. The van der Waals surface area contributed by atoms with Crippen LogP contribution in [0.25, 0.3) is 0 Å². The van der Waals surface area contributed by atoms with Crippen LogP contribution in [0.5, 0.6) is 5.75 Å². The zero-order valence-corrected chi connectivity index (χ0v) is 15.3. The third-order valence-corrected chi connectivity index (χ3v) is 5.22. The minimum atomic E-state index is -0.490. The molecule has 4 rings (SSSR count). The molecular weight excluding hydrogens is 342 g/mol. The summed E-state index contributed by atoms with van der Waals surface area (Å²) in [5.74, 6) is 0.596. The van der Waals surface area contributed by atoms with E-state index in [9.17, 15) is 9.59 Å². The van der Waals surface area contributed by atoms with Crippen LogP contribution in [-0.2, 0) is 4.79 Å². The van der Waals surface area contributed by atoms with Crippen LogP contribution in [-0.4, -0.2) is 42.1 Å². The Morgan fingerprint density at radius 1 is 1.11 bits per heavy atom. The molecule has 140 valence electrons. The lowest BCUT2D eigenvalue weighted by atomic mass is 9.92. The van der Waals surface area contributed by atoms with Gasteiger partial charge < -0.3 is 20.3 Å². The van der Waals surface area contributed by atoms with E-state index in [1.54, 1.807) is 4.90 Å². The van der Waals surface area contributed by atoms with E-state index >= 15 is 0 Å². The number of aryl methyl sites for hydroxylation is 1. The zero-order valence-electron chi connectivity index (χ0n) is 15.3. The molecule has 6 heteroatoms. The van der Waals surface area contributed by atoms with Gasteiger partial charge in [0.2, 0.25) is 0 Å². The van der Waals surface area contributed by atoms with Gasteiger partial charge >= 0.3 is 0 Å². The lowest BCUT2D eigenvalue weighted by Gasteiger charge is -2.45. The van der Waals surface area contributed by atoms with Gasteiger partial charge in [-0.25, -0.2) is 0 Å². The van der Waals surface area contributed by atoms with Crippen LogP contribution >= 0.6 is 0 Å². The topological polar surface area (TPSA) is 70.7 Å². The Bertz CT molecular complexity index is 858. The van der Waals surface area contributed by atoms with Crippen LogP contribution in [0, 0.1) is 6.92 Å². The Kier molecular flexibility index (Phi) is 4.48. The third kappa shape index (κ3) is 3.60. The van der Waals surface area contributed by atoms with Gasteiger partial charge in [0, 0.05) is 31.6 Å². The van der Waals surface area contributed by atoms with Crippen LogP contribution in [0.4, 0.5) is 5.69 Å². The van der Waals surface area contributed by atoms with Gasteiger partial charge in [-0.2, -0.15) is 0 Å². The van der Waals surface area contributed by atoms with Crippen molar-refractivity contribution in [1.29, 1.82) is 0 Å². The molecule has 6 nitrogen and oxygen atoms in total. The van der Waals surface area contributed by atoms with Gasteiger partial charge in [0.25, 0.3) is 11.8 Å². The molecule has 1 fully saturated rings. The van der Waals surface area contributed by atoms with Crippen molar-refractivity contribution in [3.05, 3.63) is 59.7 Å². The quantitative estimate of drug-likeness (QED) is 0.877. The normalized spacial score (nSPS) is 17.7. The molecule has 1 spiro atoms. The van der Waals surface area contributed by atoms with Crippen LogP contribution in [0.2, 0.25) is 0 Å². The van der Waals surface area contributed by atoms with Gasteiger partial charge in [-0.15, -0.1) is 0 Å². The lowest BCUT2D eigenvalue weighted by molar-refractivity contribution is -0.134. The van der Waals surface area contributed by atoms with Gasteiger partial charge in [0.1, 0.15) is 11.4 Å². The maximum Gasteiger partial charge on any atom is 0.260 e. The fourth-order valence-corrected chi connectivity index (χ4v) is 3.67. The number of nitrogens with one attached hydrogen (secondary N) is 2. The number of hydrogen-bond acceptors (Lipinski definition) is 4. The smallest absolute Gasteiger partial charge is 0.260 e. The van der Waals surface area contributed by atoms with E-state index in [1.807, 2.05) is 55.5 Å². The Balaban J connectivity index is 1.36. The second kappa shape index (κ2) is 6.95. The van der Waals surface area contributed by atoms with Crippen molar-refractivity contribution >= 4 is 17.5 Å². The first kappa shape index (κ1) is 17.4. The average Bonchev–Trinajstić information content (AvgIpc) is 2.68. The maximum absolute atomic E-state index is 12.5. The van der Waals surface area contributed by atoms with E-state index in [4.69, 9.17) is 4.74 Å². The van der Waals surface area contributed by atoms with Crippen molar-refractivity contribution in [2.75, 3.05) is 25.0 Å². The third-order valence-electron chi connectivity index (χ3n) is 5.22. The molecular formula is C21H23N3O3. The van der Waals surface area contributed by atoms with E-state index in [0.717, 1.165) is 11.3 Å². The zero-order chi connectivity index (χ0) is 18.9. The highest BCUT2D eigenvalue weighted by molar-refractivity contribution is 6.02. The van der Waals surface area contributed by atoms with Crippen LogP contribution in [0.15, 0.2) is 48.5 Å². The number of piperidine rings is 1. The first-order valence-corrected chi connectivity index (χ1v) is 9.22. The Labute approximate surface area is 158 Å². The summed E-state index contributed by atoms with van der Waals surface area (Å²) < 4.78 is 5.56. The highest BCUT2D eigenvalue weighted by Gasteiger charge is 2.41. The number of hydrogen-bond donors (Lipinski definition) is 2. The van der Waals surface area contributed by atoms with E-state index < -0.39 is 5.66 Å². The maximum atomic E-state index is 12.5. The molecule has 2 aliphatic rings. The summed E-state index contributed by atoms with van der Waals surface area (Å²) in [5, 5.41) is 6.60. The predicted molar refractivity (Wildman–Crippen MR) is 103 cm³/mol. The number of carbonyl (C=O) groups excluding carboxylic acids is 2. The molecule has 0 radical (unpaired) electrons. The molecule has 0 aromatic heterocycles. The Morgan fingerprint density at radius 2 is 1.85 bits per heavy atom. The van der Waals surface area contributed by atoms with Crippen molar-refractivity contribution < 1.29 is 14.3 Å². The Hall–Kier alpha value is -3.02. The average molecular weight is 365 g/mol. The summed E-state index contributed by atoms with van der Waals surface area (Å²) in [6.45, 7) is 3.15. The molecule has 0 saturated carbocycles. The largest absolute Gasteiger partial charge is 0.484 e. The van der Waals surface area contributed by atoms with Crippen LogP contribution in [0.3, 0.4) is 0 Å². The second-order valence-corrected chi connectivity index (χ2v) is 7.19. The number of carbonyl (C=O) groups is 2. The molecule has 2 heterocycles. The first-order chi connectivity index (χ1) is 13.0. The van der Waals surface area contributed by atoms with Gasteiger partial charge in [-0.3, -0.25) is 9.59 Å². The van der Waals surface area contributed by atoms with Crippen molar-refractivity contribution in [3.8, 4) is 5.75 Å². The molecule has 2 aromatic carbocycles. The van der Waals surface area contributed by atoms with E-state index in [1.165, 1.54) is 0 Å². The Morgan fingerprint density at radius 3 is 2.59 bits per heavy atom. The fraction of sp³-hybridized carbons (Fsp3) is 0.333. The number of para-hydroxylation sites is 1. The van der Waals surface area contributed by atoms with Gasteiger partial charge in [-0.05, 0) is 31.2 Å². The standard InChI is InChI=1S/C21H23N3O3/c1-15-7-8-18-17(13-15)20(26)23-21(22-18)9-11-24(12-10-21)19(25)14-27-16-5-3-2-4-6-16/h2-8,13,22H,9-12,14H2,1H3,(H,23,26). The summed E-state index contributed by atoms with van der Waals surface area (Å²) >= 11 is 0. The summed E-state index contributed by atoms with van der Waals surface area (Å²) in [6, 6.07) is 15.2. The fourth-order valence-electron chi connectivity index (χ4n) is 3.67. The first-order valence-electron chi connectivity index (χ1n) is 9.22. The SMILES string of the molecule is Cc1ccc2c(c1)C(=O)NC1(CCN(C(=O)COc3ccccc3)CC1)N2. The number of ether oxygens (including phenoxy) is 1.